The second-order valence-corrected chi connectivity index (χ2v) is 5.36. The maximum Gasteiger partial charge on any atom is 0.343 e. The molecule has 0 spiro atoms. The monoisotopic (exact) mass is 353 g/mol. The molecule has 0 atom stereocenters. The fourth-order valence-electron chi connectivity index (χ4n) is 2.09. The molecule has 5 nitrogen and oxygen atoms in total. The highest BCUT2D eigenvalue weighted by Gasteiger charge is 2.16. The van der Waals surface area contributed by atoms with Crippen LogP contribution in [0.15, 0.2) is 33.7 Å². The molecule has 1 aromatic carbocycles. The summed E-state index contributed by atoms with van der Waals surface area (Å²) in [6.45, 7) is 2.96. The number of ether oxygens (including phenoxy) is 2. The molecule has 21 heavy (non-hydrogen) atoms. The number of esters is 1. The molecule has 1 aromatic heterocycles. The van der Waals surface area contributed by atoms with Crippen molar-refractivity contribution in [3.63, 3.8) is 0 Å². The molecule has 0 aliphatic heterocycles. The Balaban J connectivity index is 2.66. The van der Waals surface area contributed by atoms with Gasteiger partial charge in [-0.3, -0.25) is 4.79 Å². The first kappa shape index (κ1) is 15.7. The molecule has 0 unspecified atom stereocenters. The number of fused-ring (bicyclic) bond motifs is 1. The number of pyridine rings is 1. The lowest BCUT2D eigenvalue weighted by Crippen LogP contribution is -2.21. The van der Waals surface area contributed by atoms with Gasteiger partial charge in [-0.25, -0.2) is 4.79 Å². The normalized spacial score (nSPS) is 10.8. The van der Waals surface area contributed by atoms with Crippen LogP contribution in [0.4, 0.5) is 0 Å². The number of hydrogen-bond acceptors (Lipinski definition) is 4. The molecule has 0 saturated heterocycles. The first-order valence-electron chi connectivity index (χ1n) is 6.57. The zero-order chi connectivity index (χ0) is 15.4. The van der Waals surface area contributed by atoms with Gasteiger partial charge in [0.1, 0.15) is 5.56 Å². The number of methoxy groups -OCH3 is 1. The molecule has 0 N–H and O–H groups in total. The van der Waals surface area contributed by atoms with E-state index in [9.17, 15) is 9.59 Å². The number of nitrogens with zero attached hydrogens (tertiary/aromatic N) is 1. The second-order valence-electron chi connectivity index (χ2n) is 4.44. The Morgan fingerprint density at radius 1 is 1.38 bits per heavy atom. The molecular weight excluding hydrogens is 338 g/mol. The third kappa shape index (κ3) is 3.33. The number of hydrogen-bond donors (Lipinski definition) is 0. The van der Waals surface area contributed by atoms with Crippen molar-refractivity contribution >= 4 is 32.8 Å². The molecule has 2 rings (SSSR count). The van der Waals surface area contributed by atoms with E-state index in [-0.39, 0.29) is 17.6 Å². The van der Waals surface area contributed by atoms with Crippen LogP contribution in [0.2, 0.25) is 0 Å². The van der Waals surface area contributed by atoms with Gasteiger partial charge in [-0.05, 0) is 25.1 Å². The van der Waals surface area contributed by atoms with Crippen molar-refractivity contribution in [1.29, 1.82) is 0 Å². The largest absolute Gasteiger partial charge is 0.462 e. The van der Waals surface area contributed by atoms with E-state index in [1.165, 1.54) is 6.20 Å². The minimum absolute atomic E-state index is 0.0442. The van der Waals surface area contributed by atoms with Gasteiger partial charge in [0, 0.05) is 29.7 Å². The number of benzene rings is 1. The molecule has 2 aromatic rings. The van der Waals surface area contributed by atoms with Crippen LogP contribution in [0.3, 0.4) is 0 Å². The maximum absolute atomic E-state index is 12.4. The van der Waals surface area contributed by atoms with Gasteiger partial charge in [0.15, 0.2) is 0 Å². The maximum atomic E-state index is 12.4. The van der Waals surface area contributed by atoms with Gasteiger partial charge in [0.2, 0.25) is 5.43 Å². The van der Waals surface area contributed by atoms with Crippen LogP contribution >= 0.6 is 15.9 Å². The van der Waals surface area contributed by atoms with Gasteiger partial charge >= 0.3 is 5.97 Å². The molecule has 0 bridgehead atoms. The molecule has 1 heterocycles. The Morgan fingerprint density at radius 2 is 2.14 bits per heavy atom. The predicted octanol–water partition coefficient (Wildman–Crippen LogP) is 2.59. The van der Waals surface area contributed by atoms with Crippen LogP contribution < -0.4 is 5.43 Å². The van der Waals surface area contributed by atoms with Crippen LogP contribution in [0.1, 0.15) is 17.3 Å². The summed E-state index contributed by atoms with van der Waals surface area (Å²) in [5.74, 6) is -0.599. The van der Waals surface area contributed by atoms with Gasteiger partial charge in [0.25, 0.3) is 0 Å². The Morgan fingerprint density at radius 3 is 2.81 bits per heavy atom. The van der Waals surface area contributed by atoms with Gasteiger partial charge in [0.05, 0.1) is 18.7 Å². The third-order valence-corrected chi connectivity index (χ3v) is 3.57. The molecule has 0 aliphatic carbocycles. The second kappa shape index (κ2) is 6.87. The first-order valence-corrected chi connectivity index (χ1v) is 7.36. The Hall–Kier alpha value is -1.66. The highest BCUT2D eigenvalue weighted by molar-refractivity contribution is 9.10. The highest BCUT2D eigenvalue weighted by Crippen LogP contribution is 2.18. The molecule has 0 aliphatic rings. The fourth-order valence-corrected chi connectivity index (χ4v) is 2.44. The summed E-state index contributed by atoms with van der Waals surface area (Å²) in [4.78, 5) is 24.3. The lowest BCUT2D eigenvalue weighted by atomic mass is 10.1. The van der Waals surface area contributed by atoms with E-state index in [0.29, 0.717) is 18.5 Å². The Kier molecular flexibility index (Phi) is 5.14. The topological polar surface area (TPSA) is 57.5 Å². The lowest BCUT2D eigenvalue weighted by molar-refractivity contribution is 0.0524. The quantitative estimate of drug-likeness (QED) is 0.775. The minimum Gasteiger partial charge on any atom is -0.462 e. The van der Waals surface area contributed by atoms with E-state index in [0.717, 1.165) is 9.99 Å². The average Bonchev–Trinajstić information content (AvgIpc) is 2.46. The molecule has 0 fully saturated rings. The van der Waals surface area contributed by atoms with Crippen molar-refractivity contribution in [2.45, 2.75) is 13.5 Å². The summed E-state index contributed by atoms with van der Waals surface area (Å²) in [6, 6.07) is 5.33. The summed E-state index contributed by atoms with van der Waals surface area (Å²) >= 11 is 3.39. The minimum atomic E-state index is -0.599. The van der Waals surface area contributed by atoms with Crippen molar-refractivity contribution in [2.75, 3.05) is 20.3 Å². The van der Waals surface area contributed by atoms with Gasteiger partial charge in [-0.2, -0.15) is 0 Å². The van der Waals surface area contributed by atoms with Gasteiger partial charge in [-0.15, -0.1) is 0 Å². The summed E-state index contributed by atoms with van der Waals surface area (Å²) in [5.41, 5.74) is 0.479. The molecule has 6 heteroatoms. The number of aromatic nitrogens is 1. The van der Waals surface area contributed by atoms with E-state index in [1.54, 1.807) is 26.2 Å². The Labute approximate surface area is 130 Å². The highest BCUT2D eigenvalue weighted by atomic mass is 79.9. The Bertz CT molecular complexity index is 723. The zero-order valence-corrected chi connectivity index (χ0v) is 13.5. The molecule has 0 radical (unpaired) electrons. The van der Waals surface area contributed by atoms with E-state index in [4.69, 9.17) is 9.47 Å². The van der Waals surface area contributed by atoms with Crippen LogP contribution in [0, 0.1) is 0 Å². The van der Waals surface area contributed by atoms with Crippen molar-refractivity contribution in [2.24, 2.45) is 0 Å². The van der Waals surface area contributed by atoms with E-state index < -0.39 is 5.97 Å². The average molecular weight is 354 g/mol. The van der Waals surface area contributed by atoms with Crippen molar-refractivity contribution in [3.8, 4) is 0 Å². The van der Waals surface area contributed by atoms with E-state index in [1.807, 2.05) is 10.6 Å². The summed E-state index contributed by atoms with van der Waals surface area (Å²) < 4.78 is 12.7. The van der Waals surface area contributed by atoms with Crippen LogP contribution in [0.25, 0.3) is 10.9 Å². The summed E-state index contributed by atoms with van der Waals surface area (Å²) in [6.07, 6.45) is 1.54. The summed E-state index contributed by atoms with van der Waals surface area (Å²) in [5, 5.41) is 0.486. The number of halogens is 1. The number of carbonyl (C=O) groups excluding carboxylic acids is 1. The molecular formula is C15H16BrNO4. The van der Waals surface area contributed by atoms with E-state index >= 15 is 0 Å². The summed E-state index contributed by atoms with van der Waals surface area (Å²) in [7, 11) is 1.60. The smallest absolute Gasteiger partial charge is 0.343 e. The molecule has 112 valence electrons. The fraction of sp³-hybridized carbons (Fsp3) is 0.333. The van der Waals surface area contributed by atoms with Crippen LogP contribution in [0.5, 0.6) is 0 Å². The first-order chi connectivity index (χ1) is 10.1. The lowest BCUT2D eigenvalue weighted by Gasteiger charge is -2.13. The predicted molar refractivity (Wildman–Crippen MR) is 83.7 cm³/mol. The molecule has 0 amide bonds. The SMILES string of the molecule is CCOC(=O)c1cn(CCOC)c2cc(Br)ccc2c1=O. The van der Waals surface area contributed by atoms with Crippen molar-refractivity contribution < 1.29 is 14.3 Å². The van der Waals surface area contributed by atoms with Gasteiger partial charge < -0.3 is 14.0 Å². The standard InChI is InChI=1S/C15H16BrNO4/c1-3-21-15(19)12-9-17(6-7-20-2)13-8-10(16)4-5-11(13)14(12)18/h4-5,8-9H,3,6-7H2,1-2H3. The van der Waals surface area contributed by atoms with E-state index in [2.05, 4.69) is 15.9 Å². The van der Waals surface area contributed by atoms with Gasteiger partial charge in [-0.1, -0.05) is 15.9 Å². The molecule has 0 saturated carbocycles. The zero-order valence-electron chi connectivity index (χ0n) is 11.9. The number of carbonyl (C=O) groups is 1. The van der Waals surface area contributed by atoms with Crippen molar-refractivity contribution in [1.82, 2.24) is 4.57 Å². The van der Waals surface area contributed by atoms with Crippen LogP contribution in [-0.2, 0) is 16.0 Å². The number of rotatable bonds is 5. The van der Waals surface area contributed by atoms with Crippen molar-refractivity contribution in [3.05, 3.63) is 44.7 Å². The third-order valence-electron chi connectivity index (χ3n) is 3.08. The van der Waals surface area contributed by atoms with Crippen LogP contribution in [-0.4, -0.2) is 30.9 Å².